The van der Waals surface area contributed by atoms with Crippen molar-refractivity contribution in [2.75, 3.05) is 0 Å². The summed E-state index contributed by atoms with van der Waals surface area (Å²) in [5, 5.41) is 0. The second kappa shape index (κ2) is 4.32. The fourth-order valence-electron chi connectivity index (χ4n) is 0.892. The molecule has 0 aliphatic carbocycles. The molecule has 0 aliphatic heterocycles. The molecule has 0 radical (unpaired) electrons. The van der Waals surface area contributed by atoms with Crippen LogP contribution >= 0.6 is 0 Å². The predicted molar refractivity (Wildman–Crippen MR) is 48.0 cm³/mol. The monoisotopic (exact) mass is 138 g/mol. The van der Waals surface area contributed by atoms with Gasteiger partial charge in [0.1, 0.15) is 0 Å². The van der Waals surface area contributed by atoms with Gasteiger partial charge in [-0.1, -0.05) is 31.6 Å². The first-order valence-corrected chi connectivity index (χ1v) is 3.85. The third-order valence-electron chi connectivity index (χ3n) is 1.80. The van der Waals surface area contributed by atoms with Crippen LogP contribution in [0.2, 0.25) is 0 Å². The van der Waals surface area contributed by atoms with E-state index in [0.29, 0.717) is 11.8 Å². The molecule has 0 heteroatoms. The second-order valence-corrected chi connectivity index (χ2v) is 3.20. The minimum Gasteiger partial charge on any atom is -0.103 e. The molecule has 10 heavy (non-hydrogen) atoms. The molecule has 0 fully saturated rings. The highest BCUT2D eigenvalue weighted by Gasteiger charge is 2.03. The number of hydrogen-bond acceptors (Lipinski definition) is 0. The summed E-state index contributed by atoms with van der Waals surface area (Å²) in [7, 11) is 0. The van der Waals surface area contributed by atoms with Crippen LogP contribution in [0.3, 0.4) is 0 Å². The van der Waals surface area contributed by atoms with Crippen LogP contribution in [0.4, 0.5) is 0 Å². The van der Waals surface area contributed by atoms with Crippen LogP contribution in [-0.4, -0.2) is 0 Å². The zero-order valence-electron chi connectivity index (χ0n) is 7.52. The van der Waals surface area contributed by atoms with Crippen molar-refractivity contribution in [1.82, 2.24) is 0 Å². The second-order valence-electron chi connectivity index (χ2n) is 3.20. The first kappa shape index (κ1) is 9.48. The molecule has 0 bridgehead atoms. The summed E-state index contributed by atoms with van der Waals surface area (Å²) in [4.78, 5) is 0. The van der Waals surface area contributed by atoms with Gasteiger partial charge < -0.3 is 0 Å². The number of allylic oxidation sites excluding steroid dienone is 3. The van der Waals surface area contributed by atoms with Crippen LogP contribution < -0.4 is 0 Å². The summed E-state index contributed by atoms with van der Waals surface area (Å²) in [5.74, 6) is 1.22. The molecule has 2 atom stereocenters. The van der Waals surface area contributed by atoms with E-state index in [-0.39, 0.29) is 0 Å². The van der Waals surface area contributed by atoms with Crippen molar-refractivity contribution >= 4 is 0 Å². The highest BCUT2D eigenvalue weighted by Crippen LogP contribution is 2.14. The maximum absolute atomic E-state index is 3.76. The first-order valence-electron chi connectivity index (χ1n) is 3.85. The van der Waals surface area contributed by atoms with E-state index in [1.54, 1.807) is 0 Å². The van der Waals surface area contributed by atoms with E-state index < -0.39 is 0 Å². The quantitative estimate of drug-likeness (QED) is 0.524. The lowest BCUT2D eigenvalue weighted by Gasteiger charge is -2.11. The highest BCUT2D eigenvalue weighted by molar-refractivity contribution is 4.99. The van der Waals surface area contributed by atoms with Crippen LogP contribution in [0.15, 0.2) is 24.3 Å². The van der Waals surface area contributed by atoms with E-state index in [2.05, 4.69) is 40.3 Å². The van der Waals surface area contributed by atoms with Crippen LogP contribution in [-0.2, 0) is 0 Å². The lowest BCUT2D eigenvalue weighted by atomic mass is 9.94. The van der Waals surface area contributed by atoms with Crippen LogP contribution in [0, 0.1) is 11.8 Å². The van der Waals surface area contributed by atoms with Gasteiger partial charge >= 0.3 is 0 Å². The molecule has 0 nitrogen and oxygen atoms in total. The summed E-state index contributed by atoms with van der Waals surface area (Å²) in [6.07, 6.45) is 4.29. The molecule has 0 spiro atoms. The molecule has 0 rings (SSSR count). The maximum Gasteiger partial charge on any atom is -0.0199 e. The van der Waals surface area contributed by atoms with E-state index in [1.807, 2.05) is 6.08 Å². The molecule has 0 heterocycles. The minimum absolute atomic E-state index is 0.592. The topological polar surface area (TPSA) is 0 Å². The first-order chi connectivity index (χ1) is 4.57. The van der Waals surface area contributed by atoms with Gasteiger partial charge in [-0.3, -0.25) is 0 Å². The zero-order valence-corrected chi connectivity index (χ0v) is 7.52. The Morgan fingerprint density at radius 3 is 2.00 bits per heavy atom. The van der Waals surface area contributed by atoms with Gasteiger partial charge in [0, 0.05) is 0 Å². The highest BCUT2D eigenvalue weighted by atomic mass is 14.1. The lowest BCUT2D eigenvalue weighted by Crippen LogP contribution is -2.01. The minimum atomic E-state index is 0.592. The van der Waals surface area contributed by atoms with E-state index in [9.17, 15) is 0 Å². The molecule has 0 aromatic rings. The fraction of sp³-hybridized carbons (Fsp3) is 0.600. The van der Waals surface area contributed by atoms with Gasteiger partial charge in [-0.2, -0.15) is 0 Å². The molecule has 2 unspecified atom stereocenters. The molecule has 0 aliphatic rings. The van der Waals surface area contributed by atoms with Gasteiger partial charge in [0.2, 0.25) is 0 Å². The Kier molecular flexibility index (Phi) is 4.10. The van der Waals surface area contributed by atoms with Crippen molar-refractivity contribution in [1.29, 1.82) is 0 Å². The van der Waals surface area contributed by atoms with Gasteiger partial charge in [0.25, 0.3) is 0 Å². The smallest absolute Gasteiger partial charge is 0.0199 e. The number of hydrogen-bond donors (Lipinski definition) is 0. The summed E-state index contributed by atoms with van der Waals surface area (Å²) in [6.45, 7) is 12.4. The van der Waals surface area contributed by atoms with Gasteiger partial charge in [-0.05, 0) is 25.7 Å². The Balaban J connectivity index is 3.95. The molecule has 0 N–H and O–H groups in total. The Morgan fingerprint density at radius 1 is 1.20 bits per heavy atom. The molecule has 0 amide bonds. The molecule has 0 saturated carbocycles. The van der Waals surface area contributed by atoms with Crippen LogP contribution in [0.25, 0.3) is 0 Å². The van der Waals surface area contributed by atoms with E-state index >= 15 is 0 Å². The van der Waals surface area contributed by atoms with E-state index in [4.69, 9.17) is 0 Å². The average molecular weight is 138 g/mol. The van der Waals surface area contributed by atoms with Gasteiger partial charge in [-0.15, -0.1) is 6.58 Å². The molecule has 0 aromatic carbocycles. The number of rotatable bonds is 3. The Morgan fingerprint density at radius 2 is 1.70 bits per heavy atom. The maximum atomic E-state index is 3.76. The SMILES string of the molecule is C=CC(C)C(C)C=C(C)C. The van der Waals surface area contributed by atoms with Gasteiger partial charge in [-0.25, -0.2) is 0 Å². The molecular formula is C10H18. The normalized spacial score (nSPS) is 15.6. The van der Waals surface area contributed by atoms with Crippen molar-refractivity contribution < 1.29 is 0 Å². The standard InChI is InChI=1S/C10H18/c1-6-9(4)10(5)7-8(2)3/h6-7,9-10H,1H2,2-5H3. The summed E-state index contributed by atoms with van der Waals surface area (Å²) in [5.41, 5.74) is 1.39. The summed E-state index contributed by atoms with van der Waals surface area (Å²) < 4.78 is 0. The third kappa shape index (κ3) is 3.49. The molecule has 0 aromatic heterocycles. The van der Waals surface area contributed by atoms with Crippen molar-refractivity contribution in [3.8, 4) is 0 Å². The molecular weight excluding hydrogens is 120 g/mol. The summed E-state index contributed by atoms with van der Waals surface area (Å²) in [6, 6.07) is 0. The molecule has 58 valence electrons. The fourth-order valence-corrected chi connectivity index (χ4v) is 0.892. The predicted octanol–water partition coefficient (Wildman–Crippen LogP) is 3.41. The molecule has 0 saturated heterocycles. The largest absolute Gasteiger partial charge is 0.103 e. The van der Waals surface area contributed by atoms with Crippen molar-refractivity contribution in [3.63, 3.8) is 0 Å². The van der Waals surface area contributed by atoms with E-state index in [1.165, 1.54) is 5.57 Å². The van der Waals surface area contributed by atoms with Crippen molar-refractivity contribution in [3.05, 3.63) is 24.3 Å². The van der Waals surface area contributed by atoms with E-state index in [0.717, 1.165) is 0 Å². The van der Waals surface area contributed by atoms with Gasteiger partial charge in [0.05, 0.1) is 0 Å². The Hall–Kier alpha value is -0.520. The zero-order chi connectivity index (χ0) is 8.15. The summed E-state index contributed by atoms with van der Waals surface area (Å²) >= 11 is 0. The Labute approximate surface area is 64.6 Å². The van der Waals surface area contributed by atoms with Crippen LogP contribution in [0.5, 0.6) is 0 Å². The Bertz CT molecular complexity index is 127. The van der Waals surface area contributed by atoms with Crippen molar-refractivity contribution in [2.45, 2.75) is 27.7 Å². The lowest BCUT2D eigenvalue weighted by molar-refractivity contribution is 0.556. The third-order valence-corrected chi connectivity index (χ3v) is 1.80. The van der Waals surface area contributed by atoms with Crippen LogP contribution in [0.1, 0.15) is 27.7 Å². The average Bonchev–Trinajstić information content (AvgIpc) is 1.85. The van der Waals surface area contributed by atoms with Crippen molar-refractivity contribution in [2.24, 2.45) is 11.8 Å². The van der Waals surface area contributed by atoms with Gasteiger partial charge in [0.15, 0.2) is 0 Å².